The van der Waals surface area contributed by atoms with Gasteiger partial charge in [0.25, 0.3) is 5.91 Å². The van der Waals surface area contributed by atoms with Gasteiger partial charge in [-0.05, 0) is 51.7 Å². The normalized spacial score (nSPS) is 10.5. The molecule has 1 aromatic heterocycles. The van der Waals surface area contributed by atoms with Crippen molar-refractivity contribution in [1.82, 2.24) is 4.98 Å². The summed E-state index contributed by atoms with van der Waals surface area (Å²) in [5.41, 5.74) is 4.55. The molecule has 0 bridgehead atoms. The molecule has 0 saturated carbocycles. The number of anilines is 2. The molecule has 0 radical (unpaired) electrons. The Morgan fingerprint density at radius 1 is 1.07 bits per heavy atom. The van der Waals surface area contributed by atoms with Crippen LogP contribution in [0.5, 0.6) is 0 Å². The fourth-order valence-corrected chi connectivity index (χ4v) is 3.78. The van der Waals surface area contributed by atoms with Crippen LogP contribution in [0.1, 0.15) is 57.7 Å². The van der Waals surface area contributed by atoms with E-state index in [1.54, 1.807) is 6.92 Å². The highest BCUT2D eigenvalue weighted by Gasteiger charge is 2.18. The summed E-state index contributed by atoms with van der Waals surface area (Å²) >= 11 is 1.16. The second-order valence-corrected chi connectivity index (χ2v) is 7.62. The topological polar surface area (TPSA) is 88.2 Å². The summed E-state index contributed by atoms with van der Waals surface area (Å²) in [6.45, 7) is 7.70. The minimum absolute atomic E-state index is 0.160. The van der Waals surface area contributed by atoms with E-state index in [0.717, 1.165) is 40.0 Å². The molecule has 0 atom stereocenters. The van der Waals surface area contributed by atoms with Crippen LogP contribution in [0.15, 0.2) is 12.1 Å². The molecule has 1 heterocycles. The third-order valence-corrected chi connectivity index (χ3v) is 5.21. The van der Waals surface area contributed by atoms with Crippen molar-refractivity contribution in [3.63, 3.8) is 0 Å². The van der Waals surface area contributed by atoms with Gasteiger partial charge >= 0.3 is 0 Å². The summed E-state index contributed by atoms with van der Waals surface area (Å²) < 4.78 is 0. The van der Waals surface area contributed by atoms with Crippen LogP contribution in [0.25, 0.3) is 0 Å². The number of aromatic nitrogens is 1. The van der Waals surface area contributed by atoms with E-state index in [0.29, 0.717) is 41.4 Å². The van der Waals surface area contributed by atoms with Crippen molar-refractivity contribution in [2.24, 2.45) is 0 Å². The minimum atomic E-state index is -0.230. The fraction of sp³-hybridized carbons (Fsp3) is 0.400. The van der Waals surface area contributed by atoms with E-state index in [1.807, 2.05) is 32.9 Å². The Hall–Kier alpha value is -2.54. The molecule has 2 rings (SSSR count). The van der Waals surface area contributed by atoms with E-state index in [2.05, 4.69) is 15.6 Å². The number of unbranched alkanes of at least 4 members (excludes halogenated alkanes) is 2. The third kappa shape index (κ3) is 5.72. The molecule has 1 aromatic carbocycles. The predicted molar refractivity (Wildman–Crippen MR) is 109 cm³/mol. The van der Waals surface area contributed by atoms with E-state index in [-0.39, 0.29) is 11.8 Å². The van der Waals surface area contributed by atoms with E-state index >= 15 is 0 Å². The highest BCUT2D eigenvalue weighted by atomic mass is 32.1. The second kappa shape index (κ2) is 9.41. The van der Waals surface area contributed by atoms with Crippen molar-refractivity contribution in [3.05, 3.63) is 39.4 Å². The molecule has 2 aromatic rings. The lowest BCUT2D eigenvalue weighted by Crippen LogP contribution is -2.13. The number of rotatable bonds is 8. The van der Waals surface area contributed by atoms with Crippen LogP contribution in [0, 0.1) is 27.7 Å². The molecule has 0 unspecified atom stereocenters. The van der Waals surface area contributed by atoms with E-state index in [9.17, 15) is 14.4 Å². The lowest BCUT2D eigenvalue weighted by Gasteiger charge is -2.12. The summed E-state index contributed by atoms with van der Waals surface area (Å²) in [5, 5.41) is 6.11. The van der Waals surface area contributed by atoms with Gasteiger partial charge in [0.05, 0.1) is 5.69 Å². The van der Waals surface area contributed by atoms with Gasteiger partial charge in [0.2, 0.25) is 5.91 Å². The summed E-state index contributed by atoms with van der Waals surface area (Å²) in [4.78, 5) is 39.7. The van der Waals surface area contributed by atoms with Crippen LogP contribution in [0.4, 0.5) is 10.8 Å². The van der Waals surface area contributed by atoms with Gasteiger partial charge in [-0.25, -0.2) is 4.98 Å². The number of nitrogens with zero attached hydrogens (tertiary/aromatic N) is 1. The van der Waals surface area contributed by atoms with Crippen molar-refractivity contribution in [3.8, 4) is 0 Å². The first-order chi connectivity index (χ1) is 12.8. The van der Waals surface area contributed by atoms with Gasteiger partial charge in [0.1, 0.15) is 11.2 Å². The first-order valence-corrected chi connectivity index (χ1v) is 9.73. The Bertz CT molecular complexity index is 835. The molecule has 6 nitrogen and oxygen atoms in total. The number of carbonyl (C=O) groups is 3. The van der Waals surface area contributed by atoms with Gasteiger partial charge < -0.3 is 15.4 Å². The number of carbonyl (C=O) groups excluding carboxylic acids is 3. The highest BCUT2D eigenvalue weighted by molar-refractivity contribution is 7.17. The van der Waals surface area contributed by atoms with Gasteiger partial charge in [0.15, 0.2) is 5.13 Å². The summed E-state index contributed by atoms with van der Waals surface area (Å²) in [6, 6.07) is 4.05. The number of aryl methyl sites for hydroxylation is 4. The maximum absolute atomic E-state index is 12.7. The Morgan fingerprint density at radius 2 is 1.74 bits per heavy atom. The van der Waals surface area contributed by atoms with Crippen LogP contribution in [0.2, 0.25) is 0 Å². The number of amides is 2. The zero-order valence-corrected chi connectivity index (χ0v) is 17.0. The van der Waals surface area contributed by atoms with Gasteiger partial charge in [-0.2, -0.15) is 0 Å². The Balaban J connectivity index is 2.04. The second-order valence-electron chi connectivity index (χ2n) is 6.62. The number of thiazole rings is 1. The van der Waals surface area contributed by atoms with Crippen molar-refractivity contribution >= 4 is 40.3 Å². The van der Waals surface area contributed by atoms with Crippen molar-refractivity contribution in [2.75, 3.05) is 10.6 Å². The van der Waals surface area contributed by atoms with Crippen LogP contribution < -0.4 is 10.6 Å². The molecule has 0 aliphatic rings. The lowest BCUT2D eigenvalue weighted by atomic mass is 10.1. The molecule has 2 N–H and O–H groups in total. The smallest absolute Gasteiger partial charge is 0.267 e. The van der Waals surface area contributed by atoms with Gasteiger partial charge in [-0.1, -0.05) is 29.0 Å². The van der Waals surface area contributed by atoms with Crippen molar-refractivity contribution < 1.29 is 14.4 Å². The lowest BCUT2D eigenvalue weighted by molar-refractivity contribution is -0.116. The average molecular weight is 388 g/mol. The zero-order chi connectivity index (χ0) is 20.0. The maximum atomic E-state index is 12.7. The maximum Gasteiger partial charge on any atom is 0.267 e. The van der Waals surface area contributed by atoms with E-state index < -0.39 is 0 Å². The molecule has 2 amide bonds. The Kier molecular flexibility index (Phi) is 7.24. The van der Waals surface area contributed by atoms with Gasteiger partial charge in [0, 0.05) is 18.5 Å². The fourth-order valence-electron chi connectivity index (χ4n) is 2.90. The van der Waals surface area contributed by atoms with Crippen molar-refractivity contribution in [2.45, 2.75) is 53.4 Å². The monoisotopic (exact) mass is 387 g/mol. The first-order valence-electron chi connectivity index (χ1n) is 8.92. The number of hydrogen-bond acceptors (Lipinski definition) is 5. The first kappa shape index (κ1) is 20.8. The van der Waals surface area contributed by atoms with E-state index in [1.165, 1.54) is 0 Å². The molecule has 0 fully saturated rings. The molecule has 7 heteroatoms. The van der Waals surface area contributed by atoms with Crippen LogP contribution in [-0.2, 0) is 9.59 Å². The SMILES string of the molecule is Cc1cc(C)c(NC(=O)c2sc(NC(=O)CCCCC=O)nc2C)c(C)c1. The molecule has 0 aliphatic carbocycles. The minimum Gasteiger partial charge on any atom is -0.321 e. The summed E-state index contributed by atoms with van der Waals surface area (Å²) in [5.74, 6) is -0.390. The molecular weight excluding hydrogens is 362 g/mol. The van der Waals surface area contributed by atoms with Crippen molar-refractivity contribution in [1.29, 1.82) is 0 Å². The quantitative estimate of drug-likeness (QED) is 0.521. The van der Waals surface area contributed by atoms with Gasteiger partial charge in [-0.15, -0.1) is 0 Å². The largest absolute Gasteiger partial charge is 0.321 e. The van der Waals surface area contributed by atoms with E-state index in [4.69, 9.17) is 0 Å². The molecule has 0 spiro atoms. The predicted octanol–water partition coefficient (Wildman–Crippen LogP) is 4.33. The Labute approximate surface area is 163 Å². The number of nitrogens with one attached hydrogen (secondary N) is 2. The number of hydrogen-bond donors (Lipinski definition) is 2. The molecule has 144 valence electrons. The number of aldehydes is 1. The molecular formula is C20H25N3O3S. The van der Waals surface area contributed by atoms with Crippen LogP contribution >= 0.6 is 11.3 Å². The molecule has 0 saturated heterocycles. The standard InChI is InChI=1S/C20H25N3O3S/c1-12-10-13(2)17(14(3)11-12)23-19(26)18-15(4)21-20(27-18)22-16(25)8-6-5-7-9-24/h9-11H,5-8H2,1-4H3,(H,23,26)(H,21,22,25). The highest BCUT2D eigenvalue weighted by Crippen LogP contribution is 2.27. The van der Waals surface area contributed by atoms with Crippen LogP contribution in [-0.4, -0.2) is 23.1 Å². The molecule has 0 aliphatic heterocycles. The summed E-state index contributed by atoms with van der Waals surface area (Å²) in [6.07, 6.45) is 2.98. The zero-order valence-electron chi connectivity index (χ0n) is 16.1. The Morgan fingerprint density at radius 3 is 2.37 bits per heavy atom. The third-order valence-electron chi connectivity index (χ3n) is 4.14. The number of benzene rings is 1. The molecule has 27 heavy (non-hydrogen) atoms. The summed E-state index contributed by atoms with van der Waals surface area (Å²) in [7, 11) is 0. The van der Waals surface area contributed by atoms with Gasteiger partial charge in [-0.3, -0.25) is 9.59 Å². The van der Waals surface area contributed by atoms with Crippen LogP contribution in [0.3, 0.4) is 0 Å². The average Bonchev–Trinajstić information content (AvgIpc) is 2.95.